The van der Waals surface area contributed by atoms with Crippen LogP contribution in [-0.4, -0.2) is 50.5 Å². The monoisotopic (exact) mass is 261 g/mol. The molecule has 1 rings (SSSR count). The highest BCUT2D eigenvalue weighted by molar-refractivity contribution is 6.28. The molecule has 1 aromatic rings. The van der Waals surface area contributed by atoms with Gasteiger partial charge >= 0.3 is 0 Å². The highest BCUT2D eigenvalue weighted by Crippen LogP contribution is 2.14. The Hall–Kier alpha value is -1.18. The largest absolute Gasteiger partial charge is 0.394 e. The smallest absolute Gasteiger partial charge is 0.229 e. The predicted octanol–water partition coefficient (Wildman–Crippen LogP) is 0.112. The molecule has 0 radical (unpaired) electrons. The van der Waals surface area contributed by atoms with Crippen LogP contribution in [0.25, 0.3) is 0 Å². The molecule has 7 nitrogen and oxygen atoms in total. The molecule has 0 spiro atoms. The van der Waals surface area contributed by atoms with E-state index in [0.29, 0.717) is 12.5 Å². The van der Waals surface area contributed by atoms with Crippen LogP contribution in [0.4, 0.5) is 11.9 Å². The second-order valence-corrected chi connectivity index (χ2v) is 4.12. The number of nitrogens with one attached hydrogen (secondary N) is 2. The molecule has 0 fully saturated rings. The summed E-state index contributed by atoms with van der Waals surface area (Å²) in [5, 5.41) is 24.0. The van der Waals surface area contributed by atoms with Crippen LogP contribution < -0.4 is 10.6 Å². The first kappa shape index (κ1) is 13.9. The Balaban J connectivity index is 2.90. The molecule has 8 heteroatoms. The summed E-state index contributed by atoms with van der Waals surface area (Å²) in [5.41, 5.74) is -0.909. The number of aliphatic hydroxyl groups excluding tert-OH is 2. The number of hydrogen-bond donors (Lipinski definition) is 4. The molecule has 4 N–H and O–H groups in total. The van der Waals surface area contributed by atoms with E-state index >= 15 is 0 Å². The molecule has 0 atom stereocenters. The molecular weight excluding hydrogens is 246 g/mol. The van der Waals surface area contributed by atoms with Crippen molar-refractivity contribution in [2.24, 2.45) is 0 Å². The minimum Gasteiger partial charge on any atom is -0.394 e. The fourth-order valence-corrected chi connectivity index (χ4v) is 1.20. The summed E-state index contributed by atoms with van der Waals surface area (Å²) in [6.07, 6.45) is 0. The van der Waals surface area contributed by atoms with Crippen LogP contribution in [0.2, 0.25) is 5.28 Å². The zero-order valence-electron chi connectivity index (χ0n) is 9.74. The lowest BCUT2D eigenvalue weighted by atomic mass is 10.1. The van der Waals surface area contributed by atoms with Gasteiger partial charge in [-0.3, -0.25) is 0 Å². The Labute approximate surface area is 104 Å². The average Bonchev–Trinajstić information content (AvgIpc) is 2.28. The number of aromatic nitrogens is 3. The SMILES string of the molecule is CCNc1nc(Cl)nc(NC(C)(CO)CO)n1. The zero-order valence-corrected chi connectivity index (χ0v) is 10.5. The molecule has 0 aliphatic rings. The van der Waals surface area contributed by atoms with E-state index in [2.05, 4.69) is 25.6 Å². The Morgan fingerprint density at radius 1 is 1.18 bits per heavy atom. The normalized spacial score (nSPS) is 11.4. The second kappa shape index (κ2) is 5.95. The van der Waals surface area contributed by atoms with E-state index in [1.54, 1.807) is 6.92 Å². The van der Waals surface area contributed by atoms with E-state index in [-0.39, 0.29) is 24.4 Å². The van der Waals surface area contributed by atoms with Crippen LogP contribution in [0, 0.1) is 0 Å². The van der Waals surface area contributed by atoms with Gasteiger partial charge in [-0.25, -0.2) is 0 Å². The number of aliphatic hydroxyl groups is 2. The van der Waals surface area contributed by atoms with Gasteiger partial charge in [0.25, 0.3) is 0 Å². The number of anilines is 2. The molecule has 0 amide bonds. The number of hydrogen-bond acceptors (Lipinski definition) is 7. The van der Waals surface area contributed by atoms with Gasteiger partial charge in [-0.2, -0.15) is 15.0 Å². The van der Waals surface area contributed by atoms with E-state index in [9.17, 15) is 0 Å². The summed E-state index contributed by atoms with van der Waals surface area (Å²) in [6.45, 7) is 3.66. The van der Waals surface area contributed by atoms with Crippen molar-refractivity contribution in [3.05, 3.63) is 5.28 Å². The first-order chi connectivity index (χ1) is 8.03. The molecule has 96 valence electrons. The van der Waals surface area contributed by atoms with Gasteiger partial charge in [-0.05, 0) is 25.4 Å². The summed E-state index contributed by atoms with van der Waals surface area (Å²) < 4.78 is 0. The first-order valence-electron chi connectivity index (χ1n) is 5.18. The van der Waals surface area contributed by atoms with Crippen molar-refractivity contribution >= 4 is 23.5 Å². The molecule has 0 aromatic carbocycles. The lowest BCUT2D eigenvalue weighted by molar-refractivity contribution is 0.147. The van der Waals surface area contributed by atoms with Gasteiger partial charge < -0.3 is 20.8 Å². The first-order valence-corrected chi connectivity index (χ1v) is 5.56. The van der Waals surface area contributed by atoms with E-state index in [4.69, 9.17) is 21.8 Å². The predicted molar refractivity (Wildman–Crippen MR) is 65.2 cm³/mol. The molecule has 1 aromatic heterocycles. The topological polar surface area (TPSA) is 103 Å². The second-order valence-electron chi connectivity index (χ2n) is 3.78. The third-order valence-electron chi connectivity index (χ3n) is 2.05. The third kappa shape index (κ3) is 3.95. The van der Waals surface area contributed by atoms with E-state index in [0.717, 1.165) is 0 Å². The maximum absolute atomic E-state index is 9.15. The number of nitrogens with zero attached hydrogens (tertiary/aromatic N) is 3. The Morgan fingerprint density at radius 3 is 2.29 bits per heavy atom. The van der Waals surface area contributed by atoms with Crippen LogP contribution in [-0.2, 0) is 0 Å². The van der Waals surface area contributed by atoms with E-state index in [1.165, 1.54) is 0 Å². The number of rotatable bonds is 6. The molecule has 0 saturated heterocycles. The fraction of sp³-hybridized carbons (Fsp3) is 0.667. The third-order valence-corrected chi connectivity index (χ3v) is 2.22. The highest BCUT2D eigenvalue weighted by Gasteiger charge is 2.23. The Bertz CT molecular complexity index is 372. The molecule has 0 unspecified atom stereocenters. The molecule has 17 heavy (non-hydrogen) atoms. The van der Waals surface area contributed by atoms with Crippen LogP contribution in [0.15, 0.2) is 0 Å². The Kier molecular flexibility index (Phi) is 4.86. The maximum Gasteiger partial charge on any atom is 0.229 e. The van der Waals surface area contributed by atoms with Gasteiger partial charge in [0.1, 0.15) is 0 Å². The average molecular weight is 262 g/mol. The molecule has 0 bridgehead atoms. The van der Waals surface area contributed by atoms with Crippen molar-refractivity contribution in [2.45, 2.75) is 19.4 Å². The van der Waals surface area contributed by atoms with Crippen molar-refractivity contribution < 1.29 is 10.2 Å². The molecular formula is C9H16ClN5O2. The molecule has 0 saturated carbocycles. The quantitative estimate of drug-likeness (QED) is 0.576. The minimum atomic E-state index is -0.909. The Morgan fingerprint density at radius 2 is 1.76 bits per heavy atom. The summed E-state index contributed by atoms with van der Waals surface area (Å²) >= 11 is 5.73. The maximum atomic E-state index is 9.15. The van der Waals surface area contributed by atoms with E-state index in [1.807, 2.05) is 6.92 Å². The van der Waals surface area contributed by atoms with Crippen LogP contribution in [0.3, 0.4) is 0 Å². The summed E-state index contributed by atoms with van der Waals surface area (Å²) in [4.78, 5) is 11.8. The minimum absolute atomic E-state index is 0.0386. The van der Waals surface area contributed by atoms with Gasteiger partial charge in [0, 0.05) is 6.54 Å². The molecule has 1 heterocycles. The van der Waals surface area contributed by atoms with Gasteiger partial charge in [0.2, 0.25) is 17.2 Å². The summed E-state index contributed by atoms with van der Waals surface area (Å²) in [7, 11) is 0. The lowest BCUT2D eigenvalue weighted by Crippen LogP contribution is -2.43. The van der Waals surface area contributed by atoms with E-state index < -0.39 is 5.54 Å². The molecule has 0 aliphatic carbocycles. The lowest BCUT2D eigenvalue weighted by Gasteiger charge is -2.26. The van der Waals surface area contributed by atoms with Gasteiger partial charge in [-0.15, -0.1) is 0 Å². The van der Waals surface area contributed by atoms with Gasteiger partial charge in [0.05, 0.1) is 18.8 Å². The van der Waals surface area contributed by atoms with Crippen molar-refractivity contribution in [3.8, 4) is 0 Å². The van der Waals surface area contributed by atoms with Crippen molar-refractivity contribution in [2.75, 3.05) is 30.4 Å². The van der Waals surface area contributed by atoms with Gasteiger partial charge in [-0.1, -0.05) is 0 Å². The fourth-order valence-electron chi connectivity index (χ4n) is 1.04. The van der Waals surface area contributed by atoms with Crippen LogP contribution in [0.1, 0.15) is 13.8 Å². The van der Waals surface area contributed by atoms with Gasteiger partial charge in [0.15, 0.2) is 0 Å². The number of halogens is 1. The zero-order chi connectivity index (χ0) is 12.9. The summed E-state index contributed by atoms with van der Waals surface area (Å²) in [6, 6.07) is 0. The van der Waals surface area contributed by atoms with Crippen LogP contribution in [0.5, 0.6) is 0 Å². The highest BCUT2D eigenvalue weighted by atomic mass is 35.5. The summed E-state index contributed by atoms with van der Waals surface area (Å²) in [5.74, 6) is 0.541. The van der Waals surface area contributed by atoms with Crippen molar-refractivity contribution in [1.29, 1.82) is 0 Å². The van der Waals surface area contributed by atoms with Crippen molar-refractivity contribution in [3.63, 3.8) is 0 Å². The molecule has 0 aliphatic heterocycles. The standard InChI is InChI=1S/C9H16ClN5O2/c1-3-11-7-12-6(10)13-8(14-7)15-9(2,4-16)5-17/h16-17H,3-5H2,1-2H3,(H2,11,12,13,14,15). The van der Waals surface area contributed by atoms with Crippen LogP contribution >= 0.6 is 11.6 Å². The van der Waals surface area contributed by atoms with Crippen molar-refractivity contribution in [1.82, 2.24) is 15.0 Å².